The fourth-order valence-electron chi connectivity index (χ4n) is 2.88. The zero-order valence-electron chi connectivity index (χ0n) is 11.4. The van der Waals surface area contributed by atoms with Crippen molar-refractivity contribution in [3.8, 4) is 0 Å². The minimum absolute atomic E-state index is 0.0227. The van der Waals surface area contributed by atoms with E-state index in [-0.39, 0.29) is 12.1 Å². The first-order valence-corrected chi connectivity index (χ1v) is 7.24. The number of halogens is 2. The van der Waals surface area contributed by atoms with Crippen molar-refractivity contribution in [2.45, 2.75) is 37.5 Å². The fraction of sp³-hybridized carbons (Fsp3) is 0.600. The van der Waals surface area contributed by atoms with Gasteiger partial charge < -0.3 is 10.4 Å². The van der Waals surface area contributed by atoms with Gasteiger partial charge in [0, 0.05) is 37.3 Å². The summed E-state index contributed by atoms with van der Waals surface area (Å²) in [6.45, 7) is 2.33. The Morgan fingerprint density at radius 3 is 2.85 bits per heavy atom. The van der Waals surface area contributed by atoms with Crippen molar-refractivity contribution in [3.05, 3.63) is 35.4 Å². The highest BCUT2D eigenvalue weighted by Gasteiger charge is 2.34. The highest BCUT2D eigenvalue weighted by atomic mass is 19.1. The number of rotatable bonds is 5. The van der Waals surface area contributed by atoms with Gasteiger partial charge in [-0.05, 0) is 37.5 Å². The predicted octanol–water partition coefficient (Wildman–Crippen LogP) is 1.82. The molecule has 3 nitrogen and oxygen atoms in total. The van der Waals surface area contributed by atoms with E-state index in [9.17, 15) is 13.9 Å². The highest BCUT2D eigenvalue weighted by Crippen LogP contribution is 2.29. The molecule has 1 saturated carbocycles. The van der Waals surface area contributed by atoms with Crippen LogP contribution in [-0.4, -0.2) is 41.7 Å². The van der Waals surface area contributed by atoms with E-state index in [1.807, 2.05) is 0 Å². The van der Waals surface area contributed by atoms with Gasteiger partial charge in [-0.25, -0.2) is 8.78 Å². The minimum atomic E-state index is -1.01. The van der Waals surface area contributed by atoms with Crippen LogP contribution < -0.4 is 5.32 Å². The molecule has 2 fully saturated rings. The smallest absolute Gasteiger partial charge is 0.129 e. The van der Waals surface area contributed by atoms with Gasteiger partial charge in [0.2, 0.25) is 0 Å². The maximum absolute atomic E-state index is 13.5. The lowest BCUT2D eigenvalue weighted by Crippen LogP contribution is -2.36. The number of aliphatic hydroxyl groups excluding tert-OH is 1. The van der Waals surface area contributed by atoms with E-state index in [0.717, 1.165) is 43.8 Å². The molecule has 1 heterocycles. The maximum Gasteiger partial charge on any atom is 0.129 e. The van der Waals surface area contributed by atoms with Crippen LogP contribution in [0.2, 0.25) is 0 Å². The van der Waals surface area contributed by atoms with Crippen molar-refractivity contribution in [2.24, 2.45) is 0 Å². The second kappa shape index (κ2) is 5.76. The number of hydrogen-bond donors (Lipinski definition) is 2. The van der Waals surface area contributed by atoms with Crippen molar-refractivity contribution < 1.29 is 13.9 Å². The zero-order valence-corrected chi connectivity index (χ0v) is 11.4. The van der Waals surface area contributed by atoms with Gasteiger partial charge in [0.1, 0.15) is 11.6 Å². The normalized spacial score (nSPS) is 25.1. The van der Waals surface area contributed by atoms with Crippen molar-refractivity contribution in [1.82, 2.24) is 10.2 Å². The van der Waals surface area contributed by atoms with Crippen LogP contribution in [-0.2, 0) is 0 Å². The topological polar surface area (TPSA) is 35.5 Å². The Labute approximate surface area is 117 Å². The third kappa shape index (κ3) is 3.16. The van der Waals surface area contributed by atoms with Gasteiger partial charge in [-0.15, -0.1) is 0 Å². The van der Waals surface area contributed by atoms with E-state index in [1.165, 1.54) is 12.8 Å². The van der Waals surface area contributed by atoms with Gasteiger partial charge in [0.25, 0.3) is 0 Å². The SMILES string of the molecule is OC(CNC1CCN(C2CC2)C1)c1cc(F)ccc1F. The van der Waals surface area contributed by atoms with Crippen molar-refractivity contribution in [2.75, 3.05) is 19.6 Å². The number of nitrogens with zero attached hydrogens (tertiary/aromatic N) is 1. The number of aliphatic hydroxyl groups is 1. The van der Waals surface area contributed by atoms with Gasteiger partial charge >= 0.3 is 0 Å². The first-order valence-electron chi connectivity index (χ1n) is 7.24. The Kier molecular flexibility index (Phi) is 4.01. The van der Waals surface area contributed by atoms with Crippen molar-refractivity contribution in [3.63, 3.8) is 0 Å². The van der Waals surface area contributed by atoms with Crippen LogP contribution in [0, 0.1) is 11.6 Å². The molecule has 110 valence electrons. The first-order chi connectivity index (χ1) is 9.63. The quantitative estimate of drug-likeness (QED) is 0.865. The van der Waals surface area contributed by atoms with Crippen LogP contribution in [0.4, 0.5) is 8.78 Å². The Morgan fingerprint density at radius 1 is 1.30 bits per heavy atom. The molecule has 1 aromatic rings. The van der Waals surface area contributed by atoms with Crippen LogP contribution >= 0.6 is 0 Å². The molecule has 2 N–H and O–H groups in total. The predicted molar refractivity (Wildman–Crippen MR) is 72.3 cm³/mol. The second-order valence-corrected chi connectivity index (χ2v) is 5.80. The van der Waals surface area contributed by atoms with Gasteiger partial charge in [-0.3, -0.25) is 4.90 Å². The number of nitrogens with one attached hydrogen (secondary N) is 1. The molecule has 2 aliphatic rings. The lowest BCUT2D eigenvalue weighted by Gasteiger charge is -2.18. The maximum atomic E-state index is 13.5. The summed E-state index contributed by atoms with van der Waals surface area (Å²) in [5, 5.41) is 13.2. The van der Waals surface area contributed by atoms with Gasteiger partial charge in [0.05, 0.1) is 6.10 Å². The van der Waals surface area contributed by atoms with Crippen LogP contribution in [0.25, 0.3) is 0 Å². The molecule has 1 saturated heterocycles. The Hall–Kier alpha value is -1.04. The summed E-state index contributed by atoms with van der Waals surface area (Å²) in [6.07, 6.45) is 2.63. The number of likely N-dealkylation sites (tertiary alicyclic amines) is 1. The average Bonchev–Trinajstić information content (AvgIpc) is 3.18. The molecule has 0 amide bonds. The zero-order chi connectivity index (χ0) is 14.1. The van der Waals surface area contributed by atoms with Gasteiger partial charge in [0.15, 0.2) is 0 Å². The van der Waals surface area contributed by atoms with E-state index < -0.39 is 17.7 Å². The highest BCUT2D eigenvalue weighted by molar-refractivity contribution is 5.21. The van der Waals surface area contributed by atoms with Gasteiger partial charge in [-0.1, -0.05) is 0 Å². The summed E-state index contributed by atoms with van der Waals surface area (Å²) >= 11 is 0. The summed E-state index contributed by atoms with van der Waals surface area (Å²) in [7, 11) is 0. The Morgan fingerprint density at radius 2 is 2.10 bits per heavy atom. The summed E-state index contributed by atoms with van der Waals surface area (Å²) in [5.41, 5.74) is 0.0227. The Balaban J connectivity index is 1.51. The van der Waals surface area contributed by atoms with Crippen LogP contribution in [0.3, 0.4) is 0 Å². The van der Waals surface area contributed by atoms with E-state index in [2.05, 4.69) is 10.2 Å². The molecule has 1 aromatic carbocycles. The number of hydrogen-bond acceptors (Lipinski definition) is 3. The van der Waals surface area contributed by atoms with E-state index in [1.54, 1.807) is 0 Å². The van der Waals surface area contributed by atoms with Crippen LogP contribution in [0.1, 0.15) is 30.9 Å². The van der Waals surface area contributed by atoms with Gasteiger partial charge in [-0.2, -0.15) is 0 Å². The van der Waals surface area contributed by atoms with Crippen molar-refractivity contribution >= 4 is 0 Å². The van der Waals surface area contributed by atoms with E-state index in [4.69, 9.17) is 0 Å². The van der Waals surface area contributed by atoms with Crippen LogP contribution in [0.5, 0.6) is 0 Å². The third-order valence-electron chi connectivity index (χ3n) is 4.20. The second-order valence-electron chi connectivity index (χ2n) is 5.80. The molecular formula is C15H20F2N2O. The minimum Gasteiger partial charge on any atom is -0.387 e. The standard InChI is InChI=1S/C15H20F2N2O/c16-10-1-4-14(17)13(7-10)15(20)8-18-11-5-6-19(9-11)12-2-3-12/h1,4,7,11-12,15,18,20H,2-3,5-6,8-9H2. The van der Waals surface area contributed by atoms with Crippen molar-refractivity contribution in [1.29, 1.82) is 0 Å². The van der Waals surface area contributed by atoms with Crippen LogP contribution in [0.15, 0.2) is 18.2 Å². The molecule has 3 rings (SSSR count). The van der Waals surface area contributed by atoms with E-state index >= 15 is 0 Å². The summed E-state index contributed by atoms with van der Waals surface area (Å²) in [6, 6.07) is 4.27. The molecule has 2 unspecified atom stereocenters. The largest absolute Gasteiger partial charge is 0.387 e. The fourth-order valence-corrected chi connectivity index (χ4v) is 2.88. The summed E-state index contributed by atoms with van der Waals surface area (Å²) < 4.78 is 26.6. The Bertz CT molecular complexity index is 479. The number of benzene rings is 1. The molecular weight excluding hydrogens is 262 g/mol. The summed E-state index contributed by atoms with van der Waals surface area (Å²) in [5.74, 6) is -1.09. The molecule has 1 aliphatic carbocycles. The molecule has 0 radical (unpaired) electrons. The molecule has 2 atom stereocenters. The monoisotopic (exact) mass is 282 g/mol. The molecule has 1 aliphatic heterocycles. The molecule has 0 spiro atoms. The summed E-state index contributed by atoms with van der Waals surface area (Å²) in [4.78, 5) is 2.47. The first kappa shape index (κ1) is 13.9. The molecule has 5 heteroatoms. The molecule has 0 aromatic heterocycles. The lowest BCUT2D eigenvalue weighted by atomic mass is 10.1. The lowest BCUT2D eigenvalue weighted by molar-refractivity contribution is 0.164. The third-order valence-corrected chi connectivity index (χ3v) is 4.20. The average molecular weight is 282 g/mol. The molecule has 20 heavy (non-hydrogen) atoms. The molecule has 0 bridgehead atoms. The van der Waals surface area contributed by atoms with E-state index in [0.29, 0.717) is 6.04 Å².